The lowest BCUT2D eigenvalue weighted by atomic mass is 10.0. The monoisotopic (exact) mass is 366 g/mol. The molecule has 0 aliphatic carbocycles. The molecule has 102 valence electrons. The lowest BCUT2D eigenvalue weighted by molar-refractivity contribution is 0.414. The summed E-state index contributed by atoms with van der Waals surface area (Å²) >= 11 is 11.9. The van der Waals surface area contributed by atoms with Crippen molar-refractivity contribution in [3.05, 3.63) is 64.0 Å². The minimum Gasteiger partial charge on any atom is -0.497 e. The van der Waals surface area contributed by atoms with Crippen molar-refractivity contribution in [2.24, 2.45) is 0 Å². The van der Waals surface area contributed by atoms with E-state index in [1.807, 2.05) is 18.2 Å². The van der Waals surface area contributed by atoms with E-state index in [9.17, 15) is 0 Å². The Morgan fingerprint density at radius 1 is 1.15 bits per heavy atom. The fraction of sp³-hybridized carbons (Fsp3) is 0.125. The van der Waals surface area contributed by atoms with Gasteiger partial charge in [-0.05, 0) is 40.1 Å². The number of thiophene rings is 1. The van der Waals surface area contributed by atoms with Crippen LogP contribution in [-0.2, 0) is 0 Å². The van der Waals surface area contributed by atoms with Crippen LogP contribution in [0.15, 0.2) is 47.8 Å². The maximum absolute atomic E-state index is 6.36. The summed E-state index contributed by atoms with van der Waals surface area (Å²) in [6, 6.07) is 14.2. The van der Waals surface area contributed by atoms with Crippen LogP contribution >= 0.6 is 38.9 Å². The summed E-state index contributed by atoms with van der Waals surface area (Å²) in [4.78, 5) is 0.0806. The van der Waals surface area contributed by atoms with Gasteiger partial charge in [-0.3, -0.25) is 0 Å². The van der Waals surface area contributed by atoms with Gasteiger partial charge >= 0.3 is 0 Å². The molecule has 0 bridgehead atoms. The van der Waals surface area contributed by atoms with E-state index in [4.69, 9.17) is 16.3 Å². The third kappa shape index (κ3) is 2.46. The van der Waals surface area contributed by atoms with E-state index in [2.05, 4.69) is 45.6 Å². The molecular formula is C16H12BrClOS. The second kappa shape index (κ2) is 5.76. The first-order valence-electron chi connectivity index (χ1n) is 6.14. The minimum absolute atomic E-state index is 0.0806. The summed E-state index contributed by atoms with van der Waals surface area (Å²) in [5.41, 5.74) is 2.30. The van der Waals surface area contributed by atoms with Gasteiger partial charge in [-0.1, -0.05) is 51.8 Å². The Morgan fingerprint density at radius 3 is 2.70 bits per heavy atom. The van der Waals surface area contributed by atoms with E-state index in [-0.39, 0.29) is 4.83 Å². The van der Waals surface area contributed by atoms with Crippen molar-refractivity contribution in [1.82, 2.24) is 0 Å². The molecule has 0 aliphatic heterocycles. The maximum atomic E-state index is 6.36. The molecule has 20 heavy (non-hydrogen) atoms. The number of alkyl halides is 1. The Bertz CT molecular complexity index is 753. The Balaban J connectivity index is 2.06. The highest BCUT2D eigenvalue weighted by Gasteiger charge is 2.17. The van der Waals surface area contributed by atoms with Crippen LogP contribution in [0.25, 0.3) is 10.1 Å². The van der Waals surface area contributed by atoms with Crippen LogP contribution in [-0.4, -0.2) is 7.11 Å². The maximum Gasteiger partial charge on any atom is 0.120 e. The van der Waals surface area contributed by atoms with E-state index < -0.39 is 0 Å². The van der Waals surface area contributed by atoms with Gasteiger partial charge in [0.25, 0.3) is 0 Å². The quantitative estimate of drug-likeness (QED) is 0.512. The summed E-state index contributed by atoms with van der Waals surface area (Å²) in [5, 5.41) is 4.16. The van der Waals surface area contributed by atoms with Gasteiger partial charge < -0.3 is 4.74 Å². The minimum atomic E-state index is 0.0806. The van der Waals surface area contributed by atoms with Gasteiger partial charge in [-0.25, -0.2) is 0 Å². The Labute approximate surface area is 135 Å². The van der Waals surface area contributed by atoms with Crippen LogP contribution in [0.5, 0.6) is 5.75 Å². The summed E-state index contributed by atoms with van der Waals surface area (Å²) in [6.45, 7) is 0. The average Bonchev–Trinajstić information content (AvgIpc) is 2.90. The number of hydrogen-bond donors (Lipinski definition) is 0. The van der Waals surface area contributed by atoms with E-state index >= 15 is 0 Å². The van der Waals surface area contributed by atoms with E-state index in [0.717, 1.165) is 11.3 Å². The number of halogens is 2. The van der Waals surface area contributed by atoms with Crippen LogP contribution in [0, 0.1) is 0 Å². The lowest BCUT2D eigenvalue weighted by Gasteiger charge is -2.12. The van der Waals surface area contributed by atoms with E-state index in [0.29, 0.717) is 5.02 Å². The molecule has 3 rings (SSSR count). The number of ether oxygens (including phenoxy) is 1. The van der Waals surface area contributed by atoms with E-state index in [1.165, 1.54) is 15.6 Å². The van der Waals surface area contributed by atoms with Gasteiger partial charge in [0, 0.05) is 9.72 Å². The summed E-state index contributed by atoms with van der Waals surface area (Å²) < 4.78 is 6.48. The molecule has 1 aromatic heterocycles. The highest BCUT2D eigenvalue weighted by atomic mass is 79.9. The molecule has 0 saturated heterocycles. The molecule has 4 heteroatoms. The van der Waals surface area contributed by atoms with Gasteiger partial charge in [0.05, 0.1) is 11.9 Å². The molecule has 0 radical (unpaired) electrons. The predicted molar refractivity (Wildman–Crippen MR) is 90.6 cm³/mol. The molecule has 2 aromatic carbocycles. The number of methoxy groups -OCH3 is 1. The van der Waals surface area contributed by atoms with Crippen LogP contribution in [0.4, 0.5) is 0 Å². The Kier molecular flexibility index (Phi) is 4.01. The van der Waals surface area contributed by atoms with Crippen LogP contribution in [0.1, 0.15) is 16.0 Å². The average molecular weight is 368 g/mol. The highest BCUT2D eigenvalue weighted by Crippen LogP contribution is 2.41. The van der Waals surface area contributed by atoms with Crippen molar-refractivity contribution in [2.45, 2.75) is 4.83 Å². The SMILES string of the molecule is COc1ccc(C(Br)c2csc3ccccc23)c(Cl)c1. The zero-order chi connectivity index (χ0) is 14.1. The predicted octanol–water partition coefficient (Wildman–Crippen LogP) is 6.05. The first-order chi connectivity index (χ1) is 9.70. The van der Waals surface area contributed by atoms with Crippen molar-refractivity contribution < 1.29 is 4.74 Å². The topological polar surface area (TPSA) is 9.23 Å². The number of hydrogen-bond acceptors (Lipinski definition) is 2. The molecule has 0 N–H and O–H groups in total. The first-order valence-corrected chi connectivity index (χ1v) is 8.31. The Morgan fingerprint density at radius 2 is 1.95 bits per heavy atom. The van der Waals surface area contributed by atoms with Crippen molar-refractivity contribution in [3.8, 4) is 5.75 Å². The van der Waals surface area contributed by atoms with Crippen molar-refractivity contribution in [2.75, 3.05) is 7.11 Å². The van der Waals surface area contributed by atoms with Crippen molar-refractivity contribution in [1.29, 1.82) is 0 Å². The summed E-state index contributed by atoms with van der Waals surface area (Å²) in [5.74, 6) is 0.772. The number of fused-ring (bicyclic) bond motifs is 1. The van der Waals surface area contributed by atoms with Gasteiger partial charge in [0.1, 0.15) is 5.75 Å². The molecule has 0 spiro atoms. The smallest absolute Gasteiger partial charge is 0.120 e. The largest absolute Gasteiger partial charge is 0.497 e. The fourth-order valence-corrected chi connectivity index (χ4v) is 4.55. The number of benzene rings is 2. The Hall–Kier alpha value is -1.03. The lowest BCUT2D eigenvalue weighted by Crippen LogP contribution is -1.93. The molecule has 0 saturated carbocycles. The van der Waals surface area contributed by atoms with Crippen molar-refractivity contribution in [3.63, 3.8) is 0 Å². The van der Waals surface area contributed by atoms with Gasteiger partial charge in [0.2, 0.25) is 0 Å². The zero-order valence-corrected chi connectivity index (χ0v) is 13.9. The van der Waals surface area contributed by atoms with Crippen molar-refractivity contribution >= 4 is 49.0 Å². The number of rotatable bonds is 3. The molecule has 1 atom stereocenters. The van der Waals surface area contributed by atoms with Gasteiger partial charge in [-0.15, -0.1) is 11.3 Å². The summed E-state index contributed by atoms with van der Waals surface area (Å²) in [7, 11) is 1.64. The van der Waals surface area contributed by atoms with Gasteiger partial charge in [0.15, 0.2) is 0 Å². The van der Waals surface area contributed by atoms with Crippen LogP contribution in [0.2, 0.25) is 5.02 Å². The molecule has 1 nitrogen and oxygen atoms in total. The normalized spacial score (nSPS) is 12.6. The molecule has 0 amide bonds. The van der Waals surface area contributed by atoms with E-state index in [1.54, 1.807) is 18.4 Å². The summed E-state index contributed by atoms with van der Waals surface area (Å²) in [6.07, 6.45) is 0. The molecule has 1 unspecified atom stereocenters. The third-order valence-electron chi connectivity index (χ3n) is 3.26. The third-order valence-corrected chi connectivity index (χ3v) is 5.56. The molecule has 3 aromatic rings. The van der Waals surface area contributed by atoms with Gasteiger partial charge in [-0.2, -0.15) is 0 Å². The van der Waals surface area contributed by atoms with Crippen LogP contribution < -0.4 is 4.74 Å². The first kappa shape index (κ1) is 13.9. The highest BCUT2D eigenvalue weighted by molar-refractivity contribution is 9.09. The fourth-order valence-electron chi connectivity index (χ4n) is 2.20. The second-order valence-corrected chi connectivity index (χ2v) is 6.67. The standard InChI is InChI=1S/C16H12BrClOS/c1-19-10-6-7-12(14(18)8-10)16(17)13-9-20-15-5-3-2-4-11(13)15/h2-9,16H,1H3. The molecular weight excluding hydrogens is 356 g/mol. The molecule has 1 heterocycles. The second-order valence-electron chi connectivity index (χ2n) is 4.44. The van der Waals surface area contributed by atoms with Crippen LogP contribution in [0.3, 0.4) is 0 Å². The zero-order valence-electron chi connectivity index (χ0n) is 10.8. The molecule has 0 aliphatic rings. The molecule has 0 fully saturated rings.